The van der Waals surface area contributed by atoms with E-state index in [-0.39, 0.29) is 23.8 Å². The van der Waals surface area contributed by atoms with E-state index >= 15 is 0 Å². The predicted molar refractivity (Wildman–Crippen MR) is 63.7 cm³/mol. The molecule has 1 aliphatic carbocycles. The normalized spacial score (nSPS) is 24.9. The van der Waals surface area contributed by atoms with Crippen LogP contribution in [0.15, 0.2) is 0 Å². The van der Waals surface area contributed by atoms with E-state index in [4.69, 9.17) is 4.74 Å². The van der Waals surface area contributed by atoms with Gasteiger partial charge in [0.15, 0.2) is 5.78 Å². The standard InChI is InChI=1S/C13H21NO3/c1-13(2,3)17-12(16)14-8-7-10(14)11(15)9-5-4-6-9/h9-10H,4-8H2,1-3H3. The lowest BCUT2D eigenvalue weighted by molar-refractivity contribution is -0.134. The van der Waals surface area contributed by atoms with Gasteiger partial charge in [-0.05, 0) is 40.0 Å². The molecule has 4 nitrogen and oxygen atoms in total. The van der Waals surface area contributed by atoms with Crippen molar-refractivity contribution in [2.75, 3.05) is 6.54 Å². The Hall–Kier alpha value is -1.06. The number of carbonyl (C=O) groups excluding carboxylic acids is 2. The molecule has 2 fully saturated rings. The molecule has 0 aromatic heterocycles. The zero-order valence-electron chi connectivity index (χ0n) is 10.9. The minimum absolute atomic E-state index is 0.199. The van der Waals surface area contributed by atoms with Gasteiger partial charge in [-0.25, -0.2) is 4.79 Å². The molecule has 2 aliphatic rings. The summed E-state index contributed by atoms with van der Waals surface area (Å²) in [5.41, 5.74) is -0.489. The average molecular weight is 239 g/mol. The summed E-state index contributed by atoms with van der Waals surface area (Å²) in [6.07, 6.45) is 3.60. The van der Waals surface area contributed by atoms with E-state index in [1.54, 1.807) is 4.90 Å². The van der Waals surface area contributed by atoms with Crippen molar-refractivity contribution in [3.8, 4) is 0 Å². The van der Waals surface area contributed by atoms with Gasteiger partial charge >= 0.3 is 6.09 Å². The predicted octanol–water partition coefficient (Wildman–Crippen LogP) is 2.37. The lowest BCUT2D eigenvalue weighted by Gasteiger charge is -2.42. The largest absolute Gasteiger partial charge is 0.444 e. The molecule has 0 N–H and O–H groups in total. The van der Waals surface area contributed by atoms with Gasteiger partial charge in [-0.1, -0.05) is 6.42 Å². The molecule has 96 valence electrons. The molecule has 1 heterocycles. The average Bonchev–Trinajstić information content (AvgIpc) is 1.92. The van der Waals surface area contributed by atoms with E-state index in [0.717, 1.165) is 25.7 Å². The number of Topliss-reactive ketones (excluding diaryl/α,β-unsaturated/α-hetero) is 1. The summed E-state index contributed by atoms with van der Waals surface area (Å²) in [6, 6.07) is -0.213. The molecule has 1 aliphatic heterocycles. The zero-order valence-corrected chi connectivity index (χ0v) is 10.9. The van der Waals surface area contributed by atoms with Gasteiger partial charge in [0.2, 0.25) is 0 Å². The van der Waals surface area contributed by atoms with Gasteiger partial charge in [0.05, 0.1) is 6.04 Å². The van der Waals surface area contributed by atoms with Crippen molar-refractivity contribution in [1.82, 2.24) is 4.90 Å². The van der Waals surface area contributed by atoms with Gasteiger partial charge in [-0.2, -0.15) is 0 Å². The topological polar surface area (TPSA) is 46.6 Å². The van der Waals surface area contributed by atoms with Crippen LogP contribution >= 0.6 is 0 Å². The second-order valence-corrected chi connectivity index (χ2v) is 6.01. The fraction of sp³-hybridized carbons (Fsp3) is 0.846. The van der Waals surface area contributed by atoms with Crippen LogP contribution in [0.3, 0.4) is 0 Å². The molecule has 1 saturated heterocycles. The lowest BCUT2D eigenvalue weighted by Crippen LogP contribution is -2.58. The summed E-state index contributed by atoms with van der Waals surface area (Å²) in [4.78, 5) is 25.5. The second-order valence-electron chi connectivity index (χ2n) is 6.01. The Balaban J connectivity index is 1.89. The number of carbonyl (C=O) groups is 2. The number of ether oxygens (including phenoxy) is 1. The molecule has 2 rings (SSSR count). The maximum absolute atomic E-state index is 12.0. The Morgan fingerprint density at radius 2 is 1.82 bits per heavy atom. The third-order valence-electron chi connectivity index (χ3n) is 3.48. The maximum Gasteiger partial charge on any atom is 0.410 e. The van der Waals surface area contributed by atoms with E-state index in [9.17, 15) is 9.59 Å². The molecule has 0 aromatic rings. The Morgan fingerprint density at radius 1 is 1.18 bits per heavy atom. The smallest absolute Gasteiger partial charge is 0.410 e. The van der Waals surface area contributed by atoms with Crippen LogP contribution in [0.25, 0.3) is 0 Å². The number of ketones is 1. The van der Waals surface area contributed by atoms with E-state index < -0.39 is 5.60 Å². The van der Waals surface area contributed by atoms with Crippen molar-refractivity contribution in [2.45, 2.75) is 58.1 Å². The van der Waals surface area contributed by atoms with Gasteiger partial charge in [0.25, 0.3) is 0 Å². The first-order valence-corrected chi connectivity index (χ1v) is 6.42. The number of likely N-dealkylation sites (tertiary alicyclic amines) is 1. The summed E-state index contributed by atoms with van der Waals surface area (Å²) in [7, 11) is 0. The first-order valence-electron chi connectivity index (χ1n) is 6.42. The molecule has 1 unspecified atom stereocenters. The van der Waals surface area contributed by atoms with Crippen molar-refractivity contribution in [3.63, 3.8) is 0 Å². The van der Waals surface area contributed by atoms with E-state index in [1.165, 1.54) is 0 Å². The molecule has 1 saturated carbocycles. The van der Waals surface area contributed by atoms with Crippen LogP contribution in [0.4, 0.5) is 4.79 Å². The van der Waals surface area contributed by atoms with Crippen LogP contribution < -0.4 is 0 Å². The number of hydrogen-bond acceptors (Lipinski definition) is 3. The monoisotopic (exact) mass is 239 g/mol. The van der Waals surface area contributed by atoms with Crippen LogP contribution in [0.5, 0.6) is 0 Å². The van der Waals surface area contributed by atoms with Crippen molar-refractivity contribution in [1.29, 1.82) is 0 Å². The molecule has 0 aromatic carbocycles. The summed E-state index contributed by atoms with van der Waals surface area (Å²) in [5, 5.41) is 0. The minimum atomic E-state index is -0.489. The fourth-order valence-corrected chi connectivity index (χ4v) is 2.19. The molecular weight excluding hydrogens is 218 g/mol. The van der Waals surface area contributed by atoms with Crippen LogP contribution in [-0.4, -0.2) is 35.0 Å². The lowest BCUT2D eigenvalue weighted by atomic mass is 9.77. The van der Waals surface area contributed by atoms with E-state index in [2.05, 4.69) is 0 Å². The zero-order chi connectivity index (χ0) is 12.6. The molecule has 17 heavy (non-hydrogen) atoms. The SMILES string of the molecule is CC(C)(C)OC(=O)N1CCC1C(=O)C1CCC1. The van der Waals surface area contributed by atoms with Gasteiger partial charge in [0, 0.05) is 12.5 Å². The summed E-state index contributed by atoms with van der Waals surface area (Å²) >= 11 is 0. The van der Waals surface area contributed by atoms with E-state index in [1.807, 2.05) is 20.8 Å². The Morgan fingerprint density at radius 3 is 2.18 bits per heavy atom. The van der Waals surface area contributed by atoms with Gasteiger partial charge in [-0.15, -0.1) is 0 Å². The Bertz CT molecular complexity index is 328. The highest BCUT2D eigenvalue weighted by Gasteiger charge is 2.43. The maximum atomic E-state index is 12.0. The first kappa shape index (κ1) is 12.4. The molecule has 1 amide bonds. The van der Waals surface area contributed by atoms with Crippen molar-refractivity contribution in [2.24, 2.45) is 5.92 Å². The number of nitrogens with zero attached hydrogens (tertiary/aromatic N) is 1. The molecule has 1 atom stereocenters. The molecule has 0 bridgehead atoms. The highest BCUT2D eigenvalue weighted by Crippen LogP contribution is 2.33. The molecule has 4 heteroatoms. The Kier molecular flexibility index (Phi) is 3.15. The summed E-state index contributed by atoms with van der Waals surface area (Å²) in [5.74, 6) is 0.443. The molecule has 0 spiro atoms. The summed E-state index contributed by atoms with van der Waals surface area (Å²) in [6.45, 7) is 6.17. The summed E-state index contributed by atoms with van der Waals surface area (Å²) < 4.78 is 5.29. The van der Waals surface area contributed by atoms with Crippen molar-refractivity contribution >= 4 is 11.9 Å². The minimum Gasteiger partial charge on any atom is -0.444 e. The highest BCUT2D eigenvalue weighted by atomic mass is 16.6. The third kappa shape index (κ3) is 2.61. The number of amides is 1. The van der Waals surface area contributed by atoms with Crippen molar-refractivity contribution < 1.29 is 14.3 Å². The van der Waals surface area contributed by atoms with Gasteiger partial charge in [-0.3, -0.25) is 9.69 Å². The van der Waals surface area contributed by atoms with Crippen LogP contribution in [0, 0.1) is 5.92 Å². The van der Waals surface area contributed by atoms with Crippen LogP contribution in [-0.2, 0) is 9.53 Å². The van der Waals surface area contributed by atoms with Gasteiger partial charge in [0.1, 0.15) is 5.60 Å². The van der Waals surface area contributed by atoms with Crippen molar-refractivity contribution in [3.05, 3.63) is 0 Å². The second kappa shape index (κ2) is 4.31. The number of rotatable bonds is 2. The fourth-order valence-electron chi connectivity index (χ4n) is 2.19. The Labute approximate surface area is 102 Å². The third-order valence-corrected chi connectivity index (χ3v) is 3.48. The first-order chi connectivity index (χ1) is 7.88. The van der Waals surface area contributed by atoms with Crippen LogP contribution in [0.1, 0.15) is 46.5 Å². The number of hydrogen-bond donors (Lipinski definition) is 0. The van der Waals surface area contributed by atoms with Gasteiger partial charge < -0.3 is 4.74 Å². The quantitative estimate of drug-likeness (QED) is 0.743. The van der Waals surface area contributed by atoms with E-state index in [0.29, 0.717) is 6.54 Å². The molecular formula is C13H21NO3. The highest BCUT2D eigenvalue weighted by molar-refractivity contribution is 5.91. The van der Waals surface area contributed by atoms with Crippen LogP contribution in [0.2, 0.25) is 0 Å². The molecule has 0 radical (unpaired) electrons.